The number of nitrogens with one attached hydrogen (secondary N) is 1. The highest BCUT2D eigenvalue weighted by molar-refractivity contribution is 5.99. The van der Waals surface area contributed by atoms with E-state index in [1.54, 1.807) is 31.2 Å². The minimum atomic E-state index is -0.188. The second-order valence-corrected chi connectivity index (χ2v) is 3.45. The van der Waals surface area contributed by atoms with E-state index in [1.165, 1.54) is 0 Å². The van der Waals surface area contributed by atoms with Crippen molar-refractivity contribution in [3.63, 3.8) is 0 Å². The van der Waals surface area contributed by atoms with E-state index < -0.39 is 0 Å². The van der Waals surface area contributed by atoms with Crippen LogP contribution in [0.1, 0.15) is 19.4 Å². The van der Waals surface area contributed by atoms with Crippen LogP contribution in [0.15, 0.2) is 29.4 Å². The molecule has 5 nitrogen and oxygen atoms in total. The van der Waals surface area contributed by atoms with Gasteiger partial charge in [-0.25, -0.2) is 0 Å². The van der Waals surface area contributed by atoms with Crippen LogP contribution < -0.4 is 5.32 Å². The molecule has 0 aliphatic carbocycles. The highest BCUT2D eigenvalue weighted by Gasteiger charge is 2.02. The fraction of sp³-hybridized carbons (Fsp3) is 0.333. The lowest BCUT2D eigenvalue weighted by Crippen LogP contribution is -2.18. The van der Waals surface area contributed by atoms with Crippen LogP contribution in [0.2, 0.25) is 0 Å². The van der Waals surface area contributed by atoms with E-state index in [4.69, 9.17) is 9.94 Å². The minimum Gasteiger partial charge on any atom is -0.411 e. The lowest BCUT2D eigenvalue weighted by Gasteiger charge is -2.06. The largest absolute Gasteiger partial charge is 0.411 e. The molecule has 0 radical (unpaired) electrons. The number of oxime groups is 1. The quantitative estimate of drug-likeness (QED) is 0.465. The third kappa shape index (κ3) is 4.24. The lowest BCUT2D eigenvalue weighted by molar-refractivity contribution is -0.120. The van der Waals surface area contributed by atoms with Gasteiger partial charge in [0.15, 0.2) is 0 Å². The SMILES string of the molecule is CCOCC(=O)Nc1ccc(/C(C)=N/O)cc1. The Morgan fingerprint density at radius 1 is 1.41 bits per heavy atom. The summed E-state index contributed by atoms with van der Waals surface area (Å²) in [4.78, 5) is 11.3. The molecule has 0 heterocycles. The molecule has 1 amide bonds. The number of carbonyl (C=O) groups is 1. The molecule has 0 spiro atoms. The molecule has 0 aliphatic heterocycles. The fourth-order valence-corrected chi connectivity index (χ4v) is 1.24. The third-order valence-electron chi connectivity index (χ3n) is 2.17. The highest BCUT2D eigenvalue weighted by atomic mass is 16.5. The van der Waals surface area contributed by atoms with Gasteiger partial charge in [-0.2, -0.15) is 0 Å². The standard InChI is InChI=1S/C12H16N2O3/c1-3-17-8-12(15)13-11-6-4-10(5-7-11)9(2)14-16/h4-7,16H,3,8H2,1-2H3,(H,13,15)/b14-9+. The molecule has 2 N–H and O–H groups in total. The summed E-state index contributed by atoms with van der Waals surface area (Å²) in [5.74, 6) is -0.188. The minimum absolute atomic E-state index is 0.0510. The number of rotatable bonds is 5. The molecule has 0 aliphatic rings. The maximum absolute atomic E-state index is 11.3. The highest BCUT2D eigenvalue weighted by Crippen LogP contribution is 2.10. The second kappa shape index (κ2) is 6.65. The van der Waals surface area contributed by atoms with Gasteiger partial charge in [-0.05, 0) is 31.5 Å². The van der Waals surface area contributed by atoms with Gasteiger partial charge in [0.25, 0.3) is 0 Å². The van der Waals surface area contributed by atoms with Crippen LogP contribution in [0.25, 0.3) is 0 Å². The Balaban J connectivity index is 2.59. The van der Waals surface area contributed by atoms with Gasteiger partial charge < -0.3 is 15.3 Å². The molecule has 1 rings (SSSR count). The summed E-state index contributed by atoms with van der Waals surface area (Å²) < 4.78 is 4.98. The Hall–Kier alpha value is -1.88. The van der Waals surface area contributed by atoms with Gasteiger partial charge in [-0.15, -0.1) is 0 Å². The van der Waals surface area contributed by atoms with Gasteiger partial charge in [0.1, 0.15) is 6.61 Å². The molecule has 0 atom stereocenters. The average molecular weight is 236 g/mol. The third-order valence-corrected chi connectivity index (χ3v) is 2.17. The molecule has 0 saturated carbocycles. The lowest BCUT2D eigenvalue weighted by atomic mass is 10.1. The van der Waals surface area contributed by atoms with E-state index in [-0.39, 0.29) is 12.5 Å². The van der Waals surface area contributed by atoms with Gasteiger partial charge in [0, 0.05) is 12.3 Å². The van der Waals surface area contributed by atoms with Crippen LogP contribution in [0.3, 0.4) is 0 Å². The second-order valence-electron chi connectivity index (χ2n) is 3.45. The van der Waals surface area contributed by atoms with Gasteiger partial charge in [-0.1, -0.05) is 17.3 Å². The van der Waals surface area contributed by atoms with E-state index in [1.807, 2.05) is 6.92 Å². The molecule has 0 bridgehead atoms. The maximum Gasteiger partial charge on any atom is 0.250 e. The summed E-state index contributed by atoms with van der Waals surface area (Å²) in [5, 5.41) is 14.4. The Bertz CT molecular complexity index is 399. The first-order chi connectivity index (χ1) is 8.17. The number of hydrogen-bond donors (Lipinski definition) is 2. The number of hydrogen-bond acceptors (Lipinski definition) is 4. The zero-order valence-electron chi connectivity index (χ0n) is 9.93. The number of carbonyl (C=O) groups excluding carboxylic acids is 1. The average Bonchev–Trinajstić information content (AvgIpc) is 2.36. The molecular weight excluding hydrogens is 220 g/mol. The van der Waals surface area contributed by atoms with Gasteiger partial charge in [-0.3, -0.25) is 4.79 Å². The first kappa shape index (κ1) is 13.2. The summed E-state index contributed by atoms with van der Waals surface area (Å²) in [6.45, 7) is 4.09. The number of amides is 1. The van der Waals surface area contributed by atoms with E-state index in [0.717, 1.165) is 5.56 Å². The Labute approximate surface area is 100 Å². The van der Waals surface area contributed by atoms with Crippen LogP contribution in [0, 0.1) is 0 Å². The van der Waals surface area contributed by atoms with E-state index >= 15 is 0 Å². The van der Waals surface area contributed by atoms with Crippen molar-refractivity contribution in [2.75, 3.05) is 18.5 Å². The molecule has 5 heteroatoms. The van der Waals surface area contributed by atoms with Gasteiger partial charge in [0.2, 0.25) is 5.91 Å². The van der Waals surface area contributed by atoms with Crippen LogP contribution in [0.5, 0.6) is 0 Å². The predicted octanol–water partition coefficient (Wildman–Crippen LogP) is 1.86. The van der Waals surface area contributed by atoms with E-state index in [2.05, 4.69) is 10.5 Å². The van der Waals surface area contributed by atoms with Gasteiger partial charge in [0.05, 0.1) is 5.71 Å². The molecular formula is C12H16N2O3. The summed E-state index contributed by atoms with van der Waals surface area (Å²) in [6.07, 6.45) is 0. The Morgan fingerprint density at radius 3 is 2.59 bits per heavy atom. The number of benzene rings is 1. The van der Waals surface area contributed by atoms with Crippen molar-refractivity contribution in [3.8, 4) is 0 Å². The summed E-state index contributed by atoms with van der Waals surface area (Å²) in [7, 11) is 0. The number of ether oxygens (including phenoxy) is 1. The van der Waals surface area contributed by atoms with Crippen molar-refractivity contribution in [2.24, 2.45) is 5.16 Å². The first-order valence-corrected chi connectivity index (χ1v) is 5.34. The summed E-state index contributed by atoms with van der Waals surface area (Å²) >= 11 is 0. The molecule has 0 aromatic heterocycles. The van der Waals surface area contributed by atoms with Crippen LogP contribution >= 0.6 is 0 Å². The van der Waals surface area contributed by atoms with Crippen molar-refractivity contribution < 1.29 is 14.7 Å². The van der Waals surface area contributed by atoms with Crippen LogP contribution in [0.4, 0.5) is 5.69 Å². The van der Waals surface area contributed by atoms with Crippen molar-refractivity contribution in [2.45, 2.75) is 13.8 Å². The monoisotopic (exact) mass is 236 g/mol. The van der Waals surface area contributed by atoms with Crippen molar-refractivity contribution in [3.05, 3.63) is 29.8 Å². The molecule has 92 valence electrons. The summed E-state index contributed by atoms with van der Waals surface area (Å²) in [6, 6.07) is 7.03. The topological polar surface area (TPSA) is 70.9 Å². The zero-order chi connectivity index (χ0) is 12.7. The van der Waals surface area contributed by atoms with Crippen LogP contribution in [-0.2, 0) is 9.53 Å². The Kier molecular flexibility index (Phi) is 5.16. The molecule has 17 heavy (non-hydrogen) atoms. The van der Waals surface area contributed by atoms with E-state index in [0.29, 0.717) is 18.0 Å². The molecule has 1 aromatic rings. The molecule has 0 saturated heterocycles. The Morgan fingerprint density at radius 2 is 2.06 bits per heavy atom. The van der Waals surface area contributed by atoms with Crippen LogP contribution in [-0.4, -0.2) is 30.0 Å². The van der Waals surface area contributed by atoms with Crippen molar-refractivity contribution >= 4 is 17.3 Å². The normalized spacial score (nSPS) is 11.3. The molecule has 0 fully saturated rings. The van der Waals surface area contributed by atoms with Gasteiger partial charge >= 0.3 is 0 Å². The van der Waals surface area contributed by atoms with Crippen molar-refractivity contribution in [1.82, 2.24) is 0 Å². The number of nitrogens with zero attached hydrogens (tertiary/aromatic N) is 1. The molecule has 0 unspecified atom stereocenters. The summed E-state index contributed by atoms with van der Waals surface area (Å²) in [5.41, 5.74) is 2.01. The number of anilines is 1. The zero-order valence-corrected chi connectivity index (χ0v) is 9.93. The predicted molar refractivity (Wildman–Crippen MR) is 65.6 cm³/mol. The first-order valence-electron chi connectivity index (χ1n) is 5.34. The van der Waals surface area contributed by atoms with Crippen molar-refractivity contribution in [1.29, 1.82) is 0 Å². The fourth-order valence-electron chi connectivity index (χ4n) is 1.24. The molecule has 1 aromatic carbocycles. The smallest absolute Gasteiger partial charge is 0.250 e. The maximum atomic E-state index is 11.3. The van der Waals surface area contributed by atoms with E-state index in [9.17, 15) is 4.79 Å².